The van der Waals surface area contributed by atoms with E-state index in [2.05, 4.69) is 4.98 Å². The Morgan fingerprint density at radius 3 is 2.42 bits per heavy atom. The summed E-state index contributed by atoms with van der Waals surface area (Å²) in [5.41, 5.74) is -0.345. The van der Waals surface area contributed by atoms with Gasteiger partial charge in [-0.25, -0.2) is 0 Å². The monoisotopic (exact) mass is 430 g/mol. The number of nitro groups is 1. The Balaban J connectivity index is 1.54. The third kappa shape index (κ3) is 4.00. The summed E-state index contributed by atoms with van der Waals surface area (Å²) in [6, 6.07) is 11.4. The number of aromatic nitrogens is 1. The molecule has 10 heteroatoms. The van der Waals surface area contributed by atoms with Crippen molar-refractivity contribution in [2.45, 2.75) is 6.18 Å². The third-order valence-corrected chi connectivity index (χ3v) is 5.29. The molecule has 160 valence electrons. The highest BCUT2D eigenvalue weighted by molar-refractivity contribution is 6.06. The van der Waals surface area contributed by atoms with Crippen LogP contribution in [0.25, 0.3) is 10.9 Å². The van der Waals surface area contributed by atoms with Crippen molar-refractivity contribution < 1.29 is 22.9 Å². The van der Waals surface area contributed by atoms with Gasteiger partial charge in [-0.1, -0.05) is 18.2 Å². The molecule has 31 heavy (non-hydrogen) atoms. The molecular weight excluding hydrogens is 413 g/mol. The van der Waals surface area contributed by atoms with Crippen LogP contribution in [0.1, 0.15) is 15.9 Å². The second-order valence-corrected chi connectivity index (χ2v) is 7.11. The Labute approximate surface area is 174 Å². The largest absolute Gasteiger partial charge is 0.416 e. The Bertz CT molecular complexity index is 1150. The number of alkyl halides is 3. The zero-order valence-corrected chi connectivity index (χ0v) is 16.2. The second-order valence-electron chi connectivity index (χ2n) is 7.11. The summed E-state index contributed by atoms with van der Waals surface area (Å²) in [7, 11) is 0. The highest BCUT2D eigenvalue weighted by Crippen LogP contribution is 2.36. The van der Waals surface area contributed by atoms with Crippen LogP contribution < -0.4 is 4.90 Å². The summed E-state index contributed by atoms with van der Waals surface area (Å²) in [6.07, 6.45) is -3.10. The van der Waals surface area contributed by atoms with E-state index in [9.17, 15) is 28.1 Å². The summed E-state index contributed by atoms with van der Waals surface area (Å²) < 4.78 is 38.8. The van der Waals surface area contributed by atoms with Crippen LogP contribution in [-0.2, 0) is 6.18 Å². The first kappa shape index (κ1) is 20.6. The molecule has 0 unspecified atom stereocenters. The van der Waals surface area contributed by atoms with Crippen molar-refractivity contribution in [3.8, 4) is 0 Å². The van der Waals surface area contributed by atoms with Crippen molar-refractivity contribution >= 4 is 28.2 Å². The summed E-state index contributed by atoms with van der Waals surface area (Å²) in [6.45, 7) is 1.10. The maximum absolute atomic E-state index is 13.0. The number of hydrogen-bond acceptors (Lipinski definition) is 5. The van der Waals surface area contributed by atoms with Gasteiger partial charge in [-0.15, -0.1) is 0 Å². The molecule has 1 saturated heterocycles. The lowest BCUT2D eigenvalue weighted by Crippen LogP contribution is -2.49. The molecule has 7 nitrogen and oxygen atoms in total. The molecule has 1 aromatic heterocycles. The fraction of sp³-hybridized carbons (Fsp3) is 0.238. The molecule has 2 aromatic carbocycles. The number of piperazine rings is 1. The van der Waals surface area contributed by atoms with Crippen LogP contribution in [0, 0.1) is 10.1 Å². The number of rotatable bonds is 3. The van der Waals surface area contributed by atoms with Crippen molar-refractivity contribution in [3.63, 3.8) is 0 Å². The van der Waals surface area contributed by atoms with Gasteiger partial charge in [0.15, 0.2) is 0 Å². The smallest absolute Gasteiger partial charge is 0.362 e. The number of halogens is 3. The number of benzene rings is 2. The van der Waals surface area contributed by atoms with Gasteiger partial charge in [0, 0.05) is 43.8 Å². The fourth-order valence-electron chi connectivity index (χ4n) is 3.72. The van der Waals surface area contributed by atoms with E-state index in [4.69, 9.17) is 0 Å². The van der Waals surface area contributed by atoms with Gasteiger partial charge < -0.3 is 9.80 Å². The van der Waals surface area contributed by atoms with Gasteiger partial charge in [-0.2, -0.15) is 13.2 Å². The summed E-state index contributed by atoms with van der Waals surface area (Å²) in [5.74, 6) is -0.180. The van der Waals surface area contributed by atoms with Crippen LogP contribution in [0.15, 0.2) is 54.7 Å². The van der Waals surface area contributed by atoms with Crippen molar-refractivity contribution in [2.75, 3.05) is 31.1 Å². The molecular formula is C21H17F3N4O3. The molecule has 1 amide bonds. The normalized spacial score (nSPS) is 14.7. The molecule has 4 rings (SSSR count). The van der Waals surface area contributed by atoms with Gasteiger partial charge in [0.1, 0.15) is 5.69 Å². The topological polar surface area (TPSA) is 79.6 Å². The van der Waals surface area contributed by atoms with E-state index in [1.54, 1.807) is 22.1 Å². The summed E-state index contributed by atoms with van der Waals surface area (Å²) >= 11 is 0. The number of para-hydroxylation sites is 1. The molecule has 0 saturated carbocycles. The molecule has 0 aliphatic carbocycles. The molecule has 1 aliphatic heterocycles. The summed E-state index contributed by atoms with van der Waals surface area (Å²) in [4.78, 5) is 31.1. The molecule has 0 spiro atoms. The fourth-order valence-corrected chi connectivity index (χ4v) is 3.72. The number of hydrogen-bond donors (Lipinski definition) is 0. The minimum absolute atomic E-state index is 0.111. The second kappa shape index (κ2) is 7.86. The minimum Gasteiger partial charge on any atom is -0.362 e. The number of amides is 1. The van der Waals surface area contributed by atoms with Gasteiger partial charge in [0.25, 0.3) is 11.6 Å². The average molecular weight is 430 g/mol. The van der Waals surface area contributed by atoms with E-state index >= 15 is 0 Å². The van der Waals surface area contributed by atoms with Gasteiger partial charge in [-0.05, 0) is 24.3 Å². The zero-order valence-electron chi connectivity index (χ0n) is 16.2. The SMILES string of the molecule is O=C(c1ccnc2ccccc12)N1CCN(c2ccc(C(F)(F)F)cc2[N+](=O)[O-])CC1. The van der Waals surface area contributed by atoms with Gasteiger partial charge in [-0.3, -0.25) is 19.9 Å². The van der Waals surface area contributed by atoms with E-state index in [-0.39, 0.29) is 37.8 Å². The van der Waals surface area contributed by atoms with Crippen LogP contribution in [0.2, 0.25) is 0 Å². The maximum atomic E-state index is 13.0. The first-order chi connectivity index (χ1) is 14.8. The predicted molar refractivity (Wildman–Crippen MR) is 108 cm³/mol. The number of carbonyl (C=O) groups is 1. The molecule has 1 aliphatic rings. The van der Waals surface area contributed by atoms with Gasteiger partial charge in [0.2, 0.25) is 0 Å². The van der Waals surface area contributed by atoms with Crippen molar-refractivity contribution in [2.24, 2.45) is 0 Å². The lowest BCUT2D eigenvalue weighted by atomic mass is 10.1. The van der Waals surface area contributed by atoms with Crippen molar-refractivity contribution in [1.29, 1.82) is 0 Å². The molecule has 1 fully saturated rings. The van der Waals surface area contributed by atoms with Gasteiger partial charge >= 0.3 is 6.18 Å². The Morgan fingerprint density at radius 2 is 1.74 bits per heavy atom. The van der Waals surface area contributed by atoms with Gasteiger partial charge in [0.05, 0.1) is 21.6 Å². The Morgan fingerprint density at radius 1 is 1.03 bits per heavy atom. The van der Waals surface area contributed by atoms with E-state index in [1.807, 2.05) is 24.3 Å². The molecule has 2 heterocycles. The first-order valence-corrected chi connectivity index (χ1v) is 9.49. The van der Waals surface area contributed by atoms with E-state index in [0.717, 1.165) is 17.5 Å². The van der Waals surface area contributed by atoms with E-state index < -0.39 is 22.4 Å². The Kier molecular flexibility index (Phi) is 5.22. The summed E-state index contributed by atoms with van der Waals surface area (Å²) in [5, 5.41) is 12.1. The third-order valence-electron chi connectivity index (χ3n) is 5.29. The van der Waals surface area contributed by atoms with E-state index in [1.165, 1.54) is 0 Å². The zero-order chi connectivity index (χ0) is 22.2. The van der Waals surface area contributed by atoms with Crippen molar-refractivity contribution in [3.05, 3.63) is 76.0 Å². The van der Waals surface area contributed by atoms with E-state index in [0.29, 0.717) is 17.1 Å². The highest BCUT2D eigenvalue weighted by atomic mass is 19.4. The number of anilines is 1. The minimum atomic E-state index is -4.66. The van der Waals surface area contributed by atoms with Crippen LogP contribution in [0.4, 0.5) is 24.5 Å². The predicted octanol–water partition coefficient (Wildman–Crippen LogP) is 4.12. The number of nitro benzene ring substituents is 1. The maximum Gasteiger partial charge on any atom is 0.416 e. The van der Waals surface area contributed by atoms with Crippen LogP contribution in [0.3, 0.4) is 0 Å². The molecule has 0 bridgehead atoms. The highest BCUT2D eigenvalue weighted by Gasteiger charge is 2.34. The lowest BCUT2D eigenvalue weighted by molar-refractivity contribution is -0.384. The molecule has 0 N–H and O–H groups in total. The van der Waals surface area contributed by atoms with Crippen LogP contribution in [0.5, 0.6) is 0 Å². The Hall–Kier alpha value is -3.69. The number of nitrogens with zero attached hydrogens (tertiary/aromatic N) is 4. The number of carbonyl (C=O) groups excluding carboxylic acids is 1. The lowest BCUT2D eigenvalue weighted by Gasteiger charge is -2.36. The first-order valence-electron chi connectivity index (χ1n) is 9.49. The van der Waals surface area contributed by atoms with Crippen molar-refractivity contribution in [1.82, 2.24) is 9.88 Å². The molecule has 3 aromatic rings. The molecule has 0 atom stereocenters. The standard InChI is InChI=1S/C21H17F3N4O3/c22-21(23,24)14-5-6-18(19(13-14)28(30)31)26-9-11-27(12-10-26)20(29)16-7-8-25-17-4-2-1-3-15(16)17/h1-8,13H,9-12H2. The number of fused-ring (bicyclic) bond motifs is 1. The molecule has 0 radical (unpaired) electrons. The average Bonchev–Trinajstić information content (AvgIpc) is 2.77. The quantitative estimate of drug-likeness (QED) is 0.461. The number of pyridine rings is 1. The van der Waals surface area contributed by atoms with Crippen LogP contribution >= 0.6 is 0 Å². The van der Waals surface area contributed by atoms with Crippen LogP contribution in [-0.4, -0.2) is 46.9 Å².